The third-order valence-electron chi connectivity index (χ3n) is 3.89. The maximum atomic E-state index is 10.7. The fourth-order valence-electron chi connectivity index (χ4n) is 2.70. The van der Waals surface area contributed by atoms with Gasteiger partial charge < -0.3 is 8.74 Å². The van der Waals surface area contributed by atoms with E-state index in [9.17, 15) is 8.76 Å². The van der Waals surface area contributed by atoms with Crippen molar-refractivity contribution >= 4 is 22.1 Å². The first-order chi connectivity index (χ1) is 10.6. The standard InChI is InChI=1S/C18H24O3S/c1-3-5-7-14-11-16-9-10-18(21-22(19)20)13-17(16)12-15(14)8-6-4-2/h9-13H,3-8H2,1-2H3,(H,19,20)/p-1. The van der Waals surface area contributed by atoms with Crippen molar-refractivity contribution in [2.24, 2.45) is 0 Å². The van der Waals surface area contributed by atoms with E-state index < -0.39 is 11.4 Å². The van der Waals surface area contributed by atoms with Crippen molar-refractivity contribution < 1.29 is 12.9 Å². The average molecular weight is 319 g/mol. The van der Waals surface area contributed by atoms with Crippen LogP contribution in [0.4, 0.5) is 0 Å². The third-order valence-corrected chi connectivity index (χ3v) is 4.22. The molecular formula is C18H23O3S-. The minimum absolute atomic E-state index is 0.364. The van der Waals surface area contributed by atoms with Gasteiger partial charge in [0.05, 0.1) is 0 Å². The van der Waals surface area contributed by atoms with Crippen LogP contribution in [0.3, 0.4) is 0 Å². The molecule has 2 rings (SSSR count). The minimum Gasteiger partial charge on any atom is -0.740 e. The third kappa shape index (κ3) is 4.55. The van der Waals surface area contributed by atoms with Crippen LogP contribution in [-0.4, -0.2) is 8.76 Å². The predicted molar refractivity (Wildman–Crippen MR) is 90.7 cm³/mol. The van der Waals surface area contributed by atoms with E-state index in [1.54, 1.807) is 12.1 Å². The number of aryl methyl sites for hydroxylation is 2. The highest BCUT2D eigenvalue weighted by molar-refractivity contribution is 7.74. The lowest BCUT2D eigenvalue weighted by molar-refractivity contribution is 0.440. The lowest BCUT2D eigenvalue weighted by Crippen LogP contribution is -1.98. The van der Waals surface area contributed by atoms with Crippen LogP contribution in [0.25, 0.3) is 10.8 Å². The summed E-state index contributed by atoms with van der Waals surface area (Å²) in [5.74, 6) is 0.364. The van der Waals surface area contributed by atoms with Gasteiger partial charge in [-0.25, -0.2) is 4.21 Å². The van der Waals surface area contributed by atoms with Gasteiger partial charge in [-0.3, -0.25) is 0 Å². The average Bonchev–Trinajstić information content (AvgIpc) is 2.49. The van der Waals surface area contributed by atoms with Gasteiger partial charge in [-0.2, -0.15) is 0 Å². The Hall–Kier alpha value is -1.39. The zero-order valence-corrected chi connectivity index (χ0v) is 14.1. The minimum atomic E-state index is -2.53. The molecule has 0 bridgehead atoms. The van der Waals surface area contributed by atoms with Gasteiger partial charge in [0.25, 0.3) is 0 Å². The number of hydrogen-bond acceptors (Lipinski definition) is 3. The molecule has 0 aliphatic heterocycles. The highest BCUT2D eigenvalue weighted by Crippen LogP contribution is 2.27. The van der Waals surface area contributed by atoms with Gasteiger partial charge >= 0.3 is 0 Å². The summed E-state index contributed by atoms with van der Waals surface area (Å²) >= 11 is -2.53. The number of rotatable bonds is 8. The maximum Gasteiger partial charge on any atom is 0.139 e. The SMILES string of the molecule is CCCCc1cc2ccc(OS(=O)[O-])cc2cc1CCCC. The molecule has 0 spiro atoms. The molecule has 0 fully saturated rings. The summed E-state index contributed by atoms with van der Waals surface area (Å²) in [6.45, 7) is 4.40. The zero-order valence-electron chi connectivity index (χ0n) is 13.3. The van der Waals surface area contributed by atoms with E-state index in [1.165, 1.54) is 36.8 Å². The Balaban J connectivity index is 2.39. The second-order valence-electron chi connectivity index (χ2n) is 5.62. The molecule has 0 heterocycles. The first-order valence-corrected chi connectivity index (χ1v) is 8.97. The Morgan fingerprint density at radius 3 is 2.09 bits per heavy atom. The van der Waals surface area contributed by atoms with E-state index >= 15 is 0 Å². The summed E-state index contributed by atoms with van der Waals surface area (Å²) in [5, 5.41) is 2.17. The lowest BCUT2D eigenvalue weighted by Gasteiger charge is -2.13. The Morgan fingerprint density at radius 1 is 0.955 bits per heavy atom. The van der Waals surface area contributed by atoms with Gasteiger partial charge in [-0.1, -0.05) is 44.9 Å². The highest BCUT2D eigenvalue weighted by atomic mass is 32.2. The van der Waals surface area contributed by atoms with Gasteiger partial charge in [0.15, 0.2) is 0 Å². The smallest absolute Gasteiger partial charge is 0.139 e. The van der Waals surface area contributed by atoms with Crippen molar-refractivity contribution in [1.29, 1.82) is 0 Å². The van der Waals surface area contributed by atoms with Gasteiger partial charge in [-0.05, 0) is 59.7 Å². The van der Waals surface area contributed by atoms with Crippen LogP contribution in [0.2, 0.25) is 0 Å². The van der Waals surface area contributed by atoms with E-state index in [1.807, 2.05) is 6.07 Å². The fraction of sp³-hybridized carbons (Fsp3) is 0.444. The quantitative estimate of drug-likeness (QED) is 0.663. The molecule has 0 saturated heterocycles. The molecular weight excluding hydrogens is 296 g/mol. The van der Waals surface area contributed by atoms with E-state index in [0.29, 0.717) is 5.75 Å². The Morgan fingerprint density at radius 2 is 1.55 bits per heavy atom. The molecule has 0 radical (unpaired) electrons. The molecule has 2 aromatic rings. The molecule has 120 valence electrons. The van der Waals surface area contributed by atoms with Crippen molar-refractivity contribution in [3.05, 3.63) is 41.5 Å². The summed E-state index contributed by atoms with van der Waals surface area (Å²) < 4.78 is 26.1. The molecule has 2 aromatic carbocycles. The van der Waals surface area contributed by atoms with Crippen LogP contribution in [0.15, 0.2) is 30.3 Å². The van der Waals surface area contributed by atoms with Crippen molar-refractivity contribution in [1.82, 2.24) is 0 Å². The highest BCUT2D eigenvalue weighted by Gasteiger charge is 2.06. The maximum absolute atomic E-state index is 10.7. The molecule has 0 aromatic heterocycles. The van der Waals surface area contributed by atoms with E-state index in [2.05, 4.69) is 26.0 Å². The Bertz CT molecular complexity index is 652. The van der Waals surface area contributed by atoms with Crippen molar-refractivity contribution in [3.63, 3.8) is 0 Å². The molecule has 0 aliphatic rings. The Labute approximate surface area is 135 Å². The molecule has 0 N–H and O–H groups in total. The van der Waals surface area contributed by atoms with Crippen LogP contribution in [0, 0.1) is 0 Å². The zero-order chi connectivity index (χ0) is 15.9. The number of fused-ring (bicyclic) bond motifs is 1. The molecule has 0 amide bonds. The molecule has 1 atom stereocenters. The molecule has 1 unspecified atom stereocenters. The molecule has 3 nitrogen and oxygen atoms in total. The fourth-order valence-corrected chi connectivity index (χ4v) is 2.96. The van der Waals surface area contributed by atoms with Crippen LogP contribution in [-0.2, 0) is 24.2 Å². The second-order valence-corrected chi connectivity index (χ2v) is 6.20. The van der Waals surface area contributed by atoms with E-state index in [4.69, 9.17) is 4.18 Å². The van der Waals surface area contributed by atoms with Gasteiger partial charge in [-0.15, -0.1) is 0 Å². The van der Waals surface area contributed by atoms with Gasteiger partial charge in [0.2, 0.25) is 0 Å². The number of unbranched alkanes of at least 4 members (excludes halogenated alkanes) is 2. The first kappa shape index (κ1) is 17.0. The van der Waals surface area contributed by atoms with Crippen molar-refractivity contribution in [2.45, 2.75) is 52.4 Å². The second kappa shape index (κ2) is 8.30. The summed E-state index contributed by atoms with van der Waals surface area (Å²) in [5.41, 5.74) is 2.80. The van der Waals surface area contributed by atoms with Crippen molar-refractivity contribution in [3.8, 4) is 5.75 Å². The molecule has 22 heavy (non-hydrogen) atoms. The van der Waals surface area contributed by atoms with Crippen LogP contribution < -0.4 is 4.18 Å². The van der Waals surface area contributed by atoms with E-state index in [0.717, 1.165) is 23.6 Å². The summed E-state index contributed by atoms with van der Waals surface area (Å²) in [6.07, 6.45) is 6.90. The first-order valence-electron chi connectivity index (χ1n) is 7.97. The van der Waals surface area contributed by atoms with Crippen LogP contribution >= 0.6 is 0 Å². The largest absolute Gasteiger partial charge is 0.740 e. The van der Waals surface area contributed by atoms with Crippen LogP contribution in [0.1, 0.15) is 50.7 Å². The summed E-state index contributed by atoms with van der Waals surface area (Å²) in [7, 11) is 0. The number of benzene rings is 2. The van der Waals surface area contributed by atoms with Gasteiger partial charge in [0.1, 0.15) is 17.1 Å². The topological polar surface area (TPSA) is 49.4 Å². The summed E-state index contributed by atoms with van der Waals surface area (Å²) in [6, 6.07) is 9.86. The van der Waals surface area contributed by atoms with Crippen molar-refractivity contribution in [2.75, 3.05) is 0 Å². The molecule has 4 heteroatoms. The Kier molecular flexibility index (Phi) is 6.40. The molecule has 0 saturated carbocycles. The van der Waals surface area contributed by atoms with E-state index in [-0.39, 0.29) is 0 Å². The normalized spacial score (nSPS) is 12.5. The monoisotopic (exact) mass is 319 g/mol. The molecule has 0 aliphatic carbocycles. The lowest BCUT2D eigenvalue weighted by atomic mass is 9.94. The number of hydrogen-bond donors (Lipinski definition) is 0. The van der Waals surface area contributed by atoms with Gasteiger partial charge in [0, 0.05) is 0 Å². The van der Waals surface area contributed by atoms with Crippen LogP contribution in [0.5, 0.6) is 5.75 Å². The summed E-state index contributed by atoms with van der Waals surface area (Å²) in [4.78, 5) is 0. The predicted octanol–water partition coefficient (Wildman–Crippen LogP) is 4.70.